The minimum absolute atomic E-state index is 0.519. The maximum Gasteiger partial charge on any atom is 0.309 e. The van der Waals surface area contributed by atoms with Crippen LogP contribution in [-0.4, -0.2) is 11.1 Å². The molecule has 2 heteroatoms. The van der Waals surface area contributed by atoms with Crippen LogP contribution >= 0.6 is 0 Å². The largest absolute Gasteiger partial charge is 0.481 e. The van der Waals surface area contributed by atoms with Crippen molar-refractivity contribution < 1.29 is 9.90 Å². The molecule has 1 aromatic rings. The van der Waals surface area contributed by atoms with Crippen LogP contribution in [-0.2, 0) is 11.2 Å². The van der Waals surface area contributed by atoms with Gasteiger partial charge in [-0.15, -0.1) is 0 Å². The van der Waals surface area contributed by atoms with Crippen LogP contribution in [0.3, 0.4) is 0 Å². The number of carbonyl (C=O) groups is 1. The second-order valence-corrected chi connectivity index (χ2v) is 5.77. The minimum Gasteiger partial charge on any atom is -0.481 e. The molecule has 0 aliphatic heterocycles. The molecule has 98 valence electrons. The van der Waals surface area contributed by atoms with Gasteiger partial charge in [0.15, 0.2) is 0 Å². The quantitative estimate of drug-likeness (QED) is 0.877. The smallest absolute Gasteiger partial charge is 0.309 e. The normalized spacial score (nSPS) is 27.3. The van der Waals surface area contributed by atoms with E-state index in [0.29, 0.717) is 12.3 Å². The molecule has 2 atom stereocenters. The summed E-state index contributed by atoms with van der Waals surface area (Å²) in [5.74, 6) is -0.0223. The Morgan fingerprint density at radius 2 is 2.28 bits per heavy atom. The summed E-state index contributed by atoms with van der Waals surface area (Å²) < 4.78 is 0. The summed E-state index contributed by atoms with van der Waals surface area (Å²) in [6.45, 7) is 4.22. The van der Waals surface area contributed by atoms with Gasteiger partial charge in [-0.25, -0.2) is 0 Å². The highest BCUT2D eigenvalue weighted by Crippen LogP contribution is 2.45. The van der Waals surface area contributed by atoms with Gasteiger partial charge < -0.3 is 5.11 Å². The first kappa shape index (κ1) is 13.1. The number of carboxylic acid groups (broad SMARTS) is 1. The fraction of sp³-hybridized carbons (Fsp3) is 0.562. The topological polar surface area (TPSA) is 37.3 Å². The zero-order valence-corrected chi connectivity index (χ0v) is 11.3. The number of aliphatic carboxylic acids is 1. The molecule has 1 N–H and O–H groups in total. The van der Waals surface area contributed by atoms with Crippen LogP contribution in [0, 0.1) is 18.3 Å². The fourth-order valence-corrected chi connectivity index (χ4v) is 3.23. The molecule has 1 fully saturated rings. The molecule has 1 aliphatic carbocycles. The molecule has 2 rings (SSSR count). The van der Waals surface area contributed by atoms with Gasteiger partial charge in [0.1, 0.15) is 0 Å². The van der Waals surface area contributed by atoms with Crippen LogP contribution in [0.4, 0.5) is 0 Å². The lowest BCUT2D eigenvalue weighted by atomic mass is 9.79. The van der Waals surface area contributed by atoms with Gasteiger partial charge in [-0.1, -0.05) is 43.2 Å². The van der Waals surface area contributed by atoms with E-state index in [4.69, 9.17) is 0 Å². The van der Waals surface area contributed by atoms with E-state index in [1.165, 1.54) is 5.56 Å². The lowest BCUT2D eigenvalue weighted by Gasteiger charge is -2.24. The second kappa shape index (κ2) is 5.13. The van der Waals surface area contributed by atoms with E-state index in [2.05, 4.69) is 32.0 Å². The Bertz CT molecular complexity index is 438. The monoisotopic (exact) mass is 246 g/mol. The van der Waals surface area contributed by atoms with E-state index in [1.54, 1.807) is 0 Å². The predicted octanol–water partition coefficient (Wildman–Crippen LogP) is 3.82. The number of carboxylic acids is 1. The highest BCUT2D eigenvalue weighted by atomic mass is 16.4. The van der Waals surface area contributed by atoms with Crippen molar-refractivity contribution in [3.8, 4) is 0 Å². The van der Waals surface area contributed by atoms with Gasteiger partial charge in [0.25, 0.3) is 0 Å². The number of hydrogen-bond donors (Lipinski definition) is 1. The van der Waals surface area contributed by atoms with Gasteiger partial charge in [-0.05, 0) is 44.1 Å². The van der Waals surface area contributed by atoms with E-state index in [1.807, 2.05) is 6.07 Å². The van der Waals surface area contributed by atoms with Gasteiger partial charge in [0.05, 0.1) is 5.41 Å². The maximum atomic E-state index is 11.7. The zero-order valence-electron chi connectivity index (χ0n) is 11.3. The first-order valence-electron chi connectivity index (χ1n) is 6.85. The van der Waals surface area contributed by atoms with Crippen molar-refractivity contribution in [2.24, 2.45) is 11.3 Å². The average molecular weight is 246 g/mol. The van der Waals surface area contributed by atoms with Crippen LogP contribution < -0.4 is 0 Å². The molecular formula is C16H22O2. The second-order valence-electron chi connectivity index (χ2n) is 5.77. The highest BCUT2D eigenvalue weighted by Gasteiger charge is 2.44. The van der Waals surface area contributed by atoms with Crippen molar-refractivity contribution in [2.45, 2.75) is 46.0 Å². The first-order valence-corrected chi connectivity index (χ1v) is 6.85. The summed E-state index contributed by atoms with van der Waals surface area (Å²) in [6, 6.07) is 8.24. The lowest BCUT2D eigenvalue weighted by Crippen LogP contribution is -2.30. The molecule has 0 aromatic heterocycles. The van der Waals surface area contributed by atoms with E-state index in [0.717, 1.165) is 31.2 Å². The molecule has 2 nitrogen and oxygen atoms in total. The Kier molecular flexibility index (Phi) is 3.74. The molecular weight excluding hydrogens is 224 g/mol. The molecule has 0 bridgehead atoms. The van der Waals surface area contributed by atoms with Gasteiger partial charge >= 0.3 is 5.97 Å². The number of rotatable bonds is 4. The summed E-state index contributed by atoms with van der Waals surface area (Å²) >= 11 is 0. The van der Waals surface area contributed by atoms with E-state index >= 15 is 0 Å². The summed E-state index contributed by atoms with van der Waals surface area (Å²) in [5.41, 5.74) is 1.85. The summed E-state index contributed by atoms with van der Waals surface area (Å²) in [4.78, 5) is 11.7. The van der Waals surface area contributed by atoms with Crippen LogP contribution in [0.1, 0.15) is 43.7 Å². The molecule has 1 aliphatic rings. The molecule has 1 saturated carbocycles. The number of aryl methyl sites for hydroxylation is 1. The van der Waals surface area contributed by atoms with E-state index < -0.39 is 11.4 Å². The Labute approximate surface area is 109 Å². The molecule has 18 heavy (non-hydrogen) atoms. The summed E-state index contributed by atoms with van der Waals surface area (Å²) in [6.07, 6.45) is 4.51. The van der Waals surface area contributed by atoms with Crippen molar-refractivity contribution in [2.75, 3.05) is 0 Å². The third-order valence-electron chi connectivity index (χ3n) is 4.37. The van der Waals surface area contributed by atoms with Crippen molar-refractivity contribution in [3.05, 3.63) is 35.4 Å². The lowest BCUT2D eigenvalue weighted by molar-refractivity contribution is -0.148. The van der Waals surface area contributed by atoms with Gasteiger partial charge in [-0.3, -0.25) is 4.79 Å². The molecule has 0 radical (unpaired) electrons. The molecule has 2 unspecified atom stereocenters. The van der Waals surface area contributed by atoms with Crippen molar-refractivity contribution in [3.63, 3.8) is 0 Å². The van der Waals surface area contributed by atoms with Crippen molar-refractivity contribution in [1.82, 2.24) is 0 Å². The predicted molar refractivity (Wildman–Crippen MR) is 72.6 cm³/mol. The van der Waals surface area contributed by atoms with Gasteiger partial charge in [0, 0.05) is 0 Å². The standard InChI is InChI=1S/C16H22O2/c1-3-13-7-8-16(10-13,15(17)18)11-14-6-4-5-12(2)9-14/h4-6,9,13H,3,7-8,10-11H2,1-2H3,(H,17,18). The molecule has 1 aromatic carbocycles. The SMILES string of the molecule is CCC1CCC(Cc2cccc(C)c2)(C(=O)O)C1. The van der Waals surface area contributed by atoms with Crippen LogP contribution in [0.2, 0.25) is 0 Å². The van der Waals surface area contributed by atoms with Crippen LogP contribution in [0.15, 0.2) is 24.3 Å². The van der Waals surface area contributed by atoms with Crippen LogP contribution in [0.5, 0.6) is 0 Å². The van der Waals surface area contributed by atoms with Crippen molar-refractivity contribution >= 4 is 5.97 Å². The molecule has 0 amide bonds. The number of hydrogen-bond acceptors (Lipinski definition) is 1. The highest BCUT2D eigenvalue weighted by molar-refractivity contribution is 5.75. The minimum atomic E-state index is -0.611. The van der Waals surface area contributed by atoms with Crippen molar-refractivity contribution in [1.29, 1.82) is 0 Å². The molecule has 0 heterocycles. The molecule has 0 spiro atoms. The molecule has 0 saturated heterocycles. The Morgan fingerprint density at radius 3 is 2.83 bits per heavy atom. The van der Waals surface area contributed by atoms with Gasteiger partial charge in [-0.2, -0.15) is 0 Å². The Morgan fingerprint density at radius 1 is 1.50 bits per heavy atom. The third kappa shape index (κ3) is 2.58. The summed E-state index contributed by atoms with van der Waals surface area (Å²) in [7, 11) is 0. The Hall–Kier alpha value is -1.31. The summed E-state index contributed by atoms with van der Waals surface area (Å²) in [5, 5.41) is 9.61. The Balaban J connectivity index is 2.20. The van der Waals surface area contributed by atoms with E-state index in [9.17, 15) is 9.90 Å². The fourth-order valence-electron chi connectivity index (χ4n) is 3.23. The van der Waals surface area contributed by atoms with Crippen LogP contribution in [0.25, 0.3) is 0 Å². The maximum absolute atomic E-state index is 11.7. The average Bonchev–Trinajstić information content (AvgIpc) is 2.74. The first-order chi connectivity index (χ1) is 8.55. The van der Waals surface area contributed by atoms with E-state index in [-0.39, 0.29) is 0 Å². The third-order valence-corrected chi connectivity index (χ3v) is 4.37. The number of benzene rings is 1. The van der Waals surface area contributed by atoms with Gasteiger partial charge in [0.2, 0.25) is 0 Å². The zero-order chi connectivity index (χ0) is 13.2.